The Morgan fingerprint density at radius 3 is 2.08 bits per heavy atom. The number of aliphatic hydroxyl groups is 1. The smallest absolute Gasteiger partial charge is 0.463 e. The summed E-state index contributed by atoms with van der Waals surface area (Å²) in [6.45, 7) is 1.99. The molecule has 0 radical (unpaired) electrons. The van der Waals surface area contributed by atoms with Gasteiger partial charge in [-0.1, -0.05) is 69.1 Å². The number of aliphatic hydroxyl groups excluding tert-OH is 1. The largest absolute Gasteiger partial charge is 0.472 e. The Kier molecular flexibility index (Phi) is 21.0. The second kappa shape index (κ2) is 21.8. The maximum absolute atomic E-state index is 11.8. The van der Waals surface area contributed by atoms with Gasteiger partial charge in [0.15, 0.2) is 0 Å². The molecule has 0 spiro atoms. The molecule has 0 aromatic rings. The van der Waals surface area contributed by atoms with Gasteiger partial charge < -0.3 is 19.2 Å². The average Bonchev–Trinajstić information content (AvgIpc) is 2.80. The van der Waals surface area contributed by atoms with Gasteiger partial charge in [0.2, 0.25) is 0 Å². The van der Waals surface area contributed by atoms with E-state index in [0.29, 0.717) is 17.4 Å². The first kappa shape index (κ1) is 34.7. The van der Waals surface area contributed by atoms with Gasteiger partial charge in [-0.15, -0.1) is 0 Å². The van der Waals surface area contributed by atoms with E-state index in [-0.39, 0.29) is 19.2 Å². The molecular weight excluding hydrogens is 481 g/mol. The van der Waals surface area contributed by atoms with Crippen molar-refractivity contribution >= 4 is 13.8 Å². The molecule has 0 saturated heterocycles. The van der Waals surface area contributed by atoms with Crippen molar-refractivity contribution in [2.75, 3.05) is 47.5 Å². The second-order valence-electron chi connectivity index (χ2n) is 9.90. The fraction of sp³-hybridized carbons (Fsp3) is 0.741. The maximum atomic E-state index is 11.8. The van der Waals surface area contributed by atoms with Gasteiger partial charge in [0.1, 0.15) is 25.9 Å². The zero-order chi connectivity index (χ0) is 27.1. The molecule has 0 aliphatic rings. The number of esters is 1. The van der Waals surface area contributed by atoms with Gasteiger partial charge in [-0.2, -0.15) is 0 Å². The average molecular weight is 533 g/mol. The van der Waals surface area contributed by atoms with E-state index in [1.807, 2.05) is 21.1 Å². The van der Waals surface area contributed by atoms with Crippen molar-refractivity contribution in [1.29, 1.82) is 0 Å². The number of carbonyl (C=O) groups is 1. The fourth-order valence-corrected chi connectivity index (χ4v) is 3.77. The first-order valence-corrected chi connectivity index (χ1v) is 14.8. The minimum Gasteiger partial charge on any atom is -0.463 e. The first-order valence-electron chi connectivity index (χ1n) is 13.3. The van der Waals surface area contributed by atoms with E-state index >= 15 is 0 Å². The van der Waals surface area contributed by atoms with E-state index in [9.17, 15) is 19.4 Å². The Hall–Kier alpha value is -1.28. The van der Waals surface area contributed by atoms with Crippen LogP contribution in [0.4, 0.5) is 0 Å². The van der Waals surface area contributed by atoms with Gasteiger partial charge >= 0.3 is 13.8 Å². The third-order valence-corrected chi connectivity index (χ3v) is 6.15. The lowest BCUT2D eigenvalue weighted by Gasteiger charge is -2.24. The monoisotopic (exact) mass is 532 g/mol. The summed E-state index contributed by atoms with van der Waals surface area (Å²) in [7, 11) is 1.54. The lowest BCUT2D eigenvalue weighted by atomic mass is 10.1. The molecule has 210 valence electrons. The molecule has 2 N–H and O–H groups in total. The number of phosphoric acid groups is 1. The predicted octanol–water partition coefficient (Wildman–Crippen LogP) is 5.71. The van der Waals surface area contributed by atoms with Crippen molar-refractivity contribution in [1.82, 2.24) is 0 Å². The Morgan fingerprint density at radius 1 is 0.861 bits per heavy atom. The van der Waals surface area contributed by atoms with Crippen LogP contribution in [0.2, 0.25) is 0 Å². The third-order valence-electron chi connectivity index (χ3n) is 5.17. The van der Waals surface area contributed by atoms with Crippen LogP contribution in [-0.2, 0) is 23.1 Å². The Labute approximate surface area is 219 Å². The first-order chi connectivity index (χ1) is 17.1. The second-order valence-corrected chi connectivity index (χ2v) is 11.4. The number of carbonyl (C=O) groups excluding carboxylic acids is 1. The van der Waals surface area contributed by atoms with Crippen LogP contribution < -0.4 is 0 Å². The molecule has 0 aromatic carbocycles. The highest BCUT2D eigenvalue weighted by molar-refractivity contribution is 7.47. The van der Waals surface area contributed by atoms with Crippen LogP contribution in [0.5, 0.6) is 0 Å². The number of ether oxygens (including phenoxy) is 1. The van der Waals surface area contributed by atoms with E-state index in [0.717, 1.165) is 51.4 Å². The topological polar surface area (TPSA) is 102 Å². The molecule has 36 heavy (non-hydrogen) atoms. The van der Waals surface area contributed by atoms with Gasteiger partial charge in [-0.3, -0.25) is 13.8 Å². The Morgan fingerprint density at radius 2 is 1.44 bits per heavy atom. The summed E-state index contributed by atoms with van der Waals surface area (Å²) in [4.78, 5) is 21.4. The Balaban J connectivity index is 3.63. The van der Waals surface area contributed by atoms with Crippen molar-refractivity contribution < 1.29 is 37.6 Å². The number of nitrogens with zero attached hydrogens (tertiary/aromatic N) is 1. The van der Waals surface area contributed by atoms with Crippen molar-refractivity contribution in [3.05, 3.63) is 36.5 Å². The standard InChI is InChI=1S/C27H50NO7P/c1-5-6-7-8-9-10-11-12-13-14-15-16-17-18-19-20-21-27(30)33-24-26(29)25-35-36(31,32)34-23-22-28(2,3)4/h6-7,9-10,12-13,26,29H,5,8,11,14-25H2,1-4H3/p+1/b7-6-,10-9-,13-12-/t26-/m1/s1. The summed E-state index contributed by atoms with van der Waals surface area (Å²) < 4.78 is 27.0. The summed E-state index contributed by atoms with van der Waals surface area (Å²) in [5.74, 6) is -0.388. The van der Waals surface area contributed by atoms with Gasteiger partial charge in [0.05, 0.1) is 27.7 Å². The molecule has 0 fully saturated rings. The summed E-state index contributed by atoms with van der Waals surface area (Å²) in [6.07, 6.45) is 22.9. The highest BCUT2D eigenvalue weighted by Crippen LogP contribution is 2.43. The fourth-order valence-electron chi connectivity index (χ4n) is 3.02. The minimum atomic E-state index is -4.25. The number of hydrogen-bond acceptors (Lipinski definition) is 6. The molecule has 2 atom stereocenters. The zero-order valence-electron chi connectivity index (χ0n) is 23.0. The molecule has 8 nitrogen and oxygen atoms in total. The normalized spacial score (nSPS) is 15.2. The predicted molar refractivity (Wildman–Crippen MR) is 145 cm³/mol. The van der Waals surface area contributed by atoms with E-state index < -0.39 is 20.5 Å². The number of rotatable bonds is 23. The maximum Gasteiger partial charge on any atom is 0.472 e. The van der Waals surface area contributed by atoms with Crippen molar-refractivity contribution in [3.8, 4) is 0 Å². The molecule has 0 aliphatic heterocycles. The highest BCUT2D eigenvalue weighted by Gasteiger charge is 2.24. The molecule has 0 aromatic heterocycles. The molecule has 0 aliphatic carbocycles. The van der Waals surface area contributed by atoms with E-state index in [1.165, 1.54) is 12.8 Å². The number of hydrogen-bond donors (Lipinski definition) is 2. The van der Waals surface area contributed by atoms with Crippen molar-refractivity contribution in [3.63, 3.8) is 0 Å². The summed E-state index contributed by atoms with van der Waals surface area (Å²) in [6, 6.07) is 0. The summed E-state index contributed by atoms with van der Waals surface area (Å²) >= 11 is 0. The minimum absolute atomic E-state index is 0.0504. The molecule has 0 saturated carbocycles. The molecule has 0 bridgehead atoms. The number of allylic oxidation sites excluding steroid dienone is 6. The summed E-state index contributed by atoms with van der Waals surface area (Å²) in [5.41, 5.74) is 0. The SMILES string of the molecule is CC/C=C\C/C=C\C/C=C\CCCCCCCCC(=O)OC[C@@H](O)COP(=O)(O)OCC[N+](C)(C)C. The van der Waals surface area contributed by atoms with Gasteiger partial charge in [-0.25, -0.2) is 4.57 Å². The molecular formula is C27H51NO7P+. The van der Waals surface area contributed by atoms with Crippen molar-refractivity contribution in [2.45, 2.75) is 83.7 Å². The zero-order valence-corrected chi connectivity index (χ0v) is 23.9. The van der Waals surface area contributed by atoms with Crippen LogP contribution in [0.3, 0.4) is 0 Å². The molecule has 0 rings (SSSR count). The number of quaternary nitrogens is 1. The molecule has 0 heterocycles. The lowest BCUT2D eigenvalue weighted by Crippen LogP contribution is -2.37. The van der Waals surface area contributed by atoms with Crippen LogP contribution in [0, 0.1) is 0 Å². The Bertz CT molecular complexity index is 686. The quantitative estimate of drug-likeness (QED) is 0.0571. The number of unbranched alkanes of at least 4 members (excludes halogenated alkanes) is 6. The summed E-state index contributed by atoms with van der Waals surface area (Å²) in [5, 5.41) is 9.82. The van der Waals surface area contributed by atoms with E-state index in [2.05, 4.69) is 43.4 Å². The van der Waals surface area contributed by atoms with Gasteiger partial charge in [-0.05, 0) is 38.5 Å². The van der Waals surface area contributed by atoms with E-state index in [4.69, 9.17) is 13.8 Å². The van der Waals surface area contributed by atoms with E-state index in [1.54, 1.807) is 0 Å². The molecule has 1 unspecified atom stereocenters. The highest BCUT2D eigenvalue weighted by atomic mass is 31.2. The van der Waals surface area contributed by atoms with Crippen LogP contribution >= 0.6 is 7.82 Å². The third kappa shape index (κ3) is 25.8. The lowest BCUT2D eigenvalue weighted by molar-refractivity contribution is -0.870. The van der Waals surface area contributed by atoms with Crippen LogP contribution in [0.25, 0.3) is 0 Å². The van der Waals surface area contributed by atoms with Gasteiger partial charge in [0, 0.05) is 6.42 Å². The number of likely N-dealkylation sites (N-methyl/N-ethyl adjacent to an activating group) is 1. The van der Waals surface area contributed by atoms with Crippen LogP contribution in [0.1, 0.15) is 77.6 Å². The van der Waals surface area contributed by atoms with Crippen LogP contribution in [0.15, 0.2) is 36.5 Å². The van der Waals surface area contributed by atoms with Crippen molar-refractivity contribution in [2.24, 2.45) is 0 Å². The van der Waals surface area contributed by atoms with Gasteiger partial charge in [0.25, 0.3) is 0 Å². The number of phosphoric ester groups is 1. The molecule has 0 amide bonds. The van der Waals surface area contributed by atoms with Crippen LogP contribution in [-0.4, -0.2) is 74.1 Å². The molecule has 9 heteroatoms.